The lowest BCUT2D eigenvalue weighted by Crippen LogP contribution is -2.17. The average Bonchev–Trinajstić information content (AvgIpc) is 2.64. The van der Waals surface area contributed by atoms with Gasteiger partial charge in [0.1, 0.15) is 19.5 Å². The average molecular weight is 341 g/mol. The fourth-order valence-electron chi connectivity index (χ4n) is 2.57. The lowest BCUT2D eigenvalue weighted by Gasteiger charge is -2.16. The zero-order valence-electron chi connectivity index (χ0n) is 14.7. The fraction of sp³-hybridized carbons (Fsp3) is 0.300. The Hall–Kier alpha value is -2.82. The summed E-state index contributed by atoms with van der Waals surface area (Å²) in [5.74, 6) is 0.0533. The van der Waals surface area contributed by atoms with E-state index in [2.05, 4.69) is 29.9 Å². The van der Waals surface area contributed by atoms with Crippen LogP contribution in [-0.4, -0.2) is 23.9 Å². The van der Waals surface area contributed by atoms with Gasteiger partial charge in [-0.15, -0.1) is 0 Å². The number of nitrogens with zero attached hydrogens (tertiary/aromatic N) is 1. The number of carbonyl (C=O) groups is 1. The first-order chi connectivity index (χ1) is 12.1. The van der Waals surface area contributed by atoms with Gasteiger partial charge in [-0.25, -0.2) is 4.79 Å². The molecule has 0 fully saturated rings. The molecule has 2 rings (SSSR count). The number of para-hydroxylation sites is 1. The summed E-state index contributed by atoms with van der Waals surface area (Å²) in [7, 11) is 1.32. The van der Waals surface area contributed by atoms with Gasteiger partial charge in [0.15, 0.2) is 5.71 Å². The monoisotopic (exact) mass is 341 g/mol. The summed E-state index contributed by atoms with van der Waals surface area (Å²) in [6, 6.07) is 15.1. The summed E-state index contributed by atoms with van der Waals surface area (Å²) >= 11 is 0. The maximum atomic E-state index is 11.4. The van der Waals surface area contributed by atoms with E-state index in [-0.39, 0.29) is 12.3 Å². The van der Waals surface area contributed by atoms with E-state index in [9.17, 15) is 9.90 Å². The van der Waals surface area contributed by atoms with Crippen LogP contribution in [0.4, 0.5) is 0 Å². The zero-order chi connectivity index (χ0) is 18.2. The van der Waals surface area contributed by atoms with Gasteiger partial charge in [0.2, 0.25) is 0 Å². The lowest BCUT2D eigenvalue weighted by molar-refractivity contribution is -0.129. The van der Waals surface area contributed by atoms with Crippen molar-refractivity contribution in [2.45, 2.75) is 32.8 Å². The quantitative estimate of drug-likeness (QED) is 0.577. The third kappa shape index (κ3) is 4.59. The van der Waals surface area contributed by atoms with E-state index in [1.165, 1.54) is 7.11 Å². The maximum absolute atomic E-state index is 11.4. The van der Waals surface area contributed by atoms with E-state index in [4.69, 9.17) is 4.74 Å². The van der Waals surface area contributed by atoms with Crippen LogP contribution in [0.5, 0.6) is 5.75 Å². The predicted molar refractivity (Wildman–Crippen MR) is 97.1 cm³/mol. The van der Waals surface area contributed by atoms with Gasteiger partial charge >= 0.3 is 5.97 Å². The predicted octanol–water partition coefficient (Wildman–Crippen LogP) is 4.21. The van der Waals surface area contributed by atoms with Crippen LogP contribution in [0.3, 0.4) is 0 Å². The molecule has 0 aliphatic carbocycles. The van der Waals surface area contributed by atoms with Crippen molar-refractivity contribution in [1.82, 2.24) is 0 Å². The molecule has 132 valence electrons. The van der Waals surface area contributed by atoms with Crippen LogP contribution in [0.25, 0.3) is 0 Å². The van der Waals surface area contributed by atoms with Crippen molar-refractivity contribution in [2.24, 2.45) is 5.16 Å². The molecule has 0 heterocycles. The van der Waals surface area contributed by atoms with E-state index >= 15 is 0 Å². The van der Waals surface area contributed by atoms with E-state index in [1.54, 1.807) is 12.1 Å². The summed E-state index contributed by atoms with van der Waals surface area (Å²) in [5.41, 5.74) is 2.22. The van der Waals surface area contributed by atoms with Gasteiger partial charge in [0.05, 0.1) is 0 Å². The number of carboxylic acids is 1. The standard InChI is InChI=1S/C20H23NO4/c1-4-14(2)16-10-7-8-12-18(16)25-13-15-9-5-6-11-17(15)19(20(22)23)21-24-3/h5-12,14H,4,13H2,1-3H3,(H,22,23). The number of rotatable bonds is 8. The van der Waals surface area contributed by atoms with Crippen molar-refractivity contribution in [3.63, 3.8) is 0 Å². The van der Waals surface area contributed by atoms with Crippen LogP contribution in [0.1, 0.15) is 42.9 Å². The van der Waals surface area contributed by atoms with Crippen LogP contribution < -0.4 is 4.74 Å². The molecule has 0 amide bonds. The Labute approximate surface area is 147 Å². The van der Waals surface area contributed by atoms with Gasteiger partial charge in [-0.3, -0.25) is 0 Å². The van der Waals surface area contributed by atoms with E-state index in [1.807, 2.05) is 30.3 Å². The zero-order valence-corrected chi connectivity index (χ0v) is 14.7. The molecule has 1 N–H and O–H groups in total. The minimum atomic E-state index is -1.14. The molecule has 2 aromatic carbocycles. The van der Waals surface area contributed by atoms with Gasteiger partial charge in [-0.05, 0) is 29.5 Å². The first-order valence-corrected chi connectivity index (χ1v) is 8.22. The molecular formula is C20H23NO4. The Morgan fingerprint density at radius 1 is 1.16 bits per heavy atom. The summed E-state index contributed by atoms with van der Waals surface area (Å²) in [5, 5.41) is 13.0. The van der Waals surface area contributed by atoms with Crippen molar-refractivity contribution >= 4 is 11.7 Å². The molecule has 5 heteroatoms. The number of oxime groups is 1. The van der Waals surface area contributed by atoms with E-state index < -0.39 is 5.97 Å². The summed E-state index contributed by atoms with van der Waals surface area (Å²) in [6.45, 7) is 4.54. The van der Waals surface area contributed by atoms with Crippen LogP contribution in [0.2, 0.25) is 0 Å². The van der Waals surface area contributed by atoms with Gasteiger partial charge in [-0.2, -0.15) is 0 Å². The summed E-state index contributed by atoms with van der Waals surface area (Å²) in [6.07, 6.45) is 1.01. The van der Waals surface area contributed by atoms with Gasteiger partial charge < -0.3 is 14.7 Å². The third-order valence-corrected chi connectivity index (χ3v) is 4.10. The molecule has 25 heavy (non-hydrogen) atoms. The van der Waals surface area contributed by atoms with E-state index in [0.29, 0.717) is 11.5 Å². The molecule has 0 bridgehead atoms. The van der Waals surface area contributed by atoms with Crippen LogP contribution >= 0.6 is 0 Å². The van der Waals surface area contributed by atoms with E-state index in [0.717, 1.165) is 23.3 Å². The van der Waals surface area contributed by atoms with Gasteiger partial charge in [0.25, 0.3) is 0 Å². The number of benzene rings is 2. The maximum Gasteiger partial charge on any atom is 0.358 e. The van der Waals surface area contributed by atoms with Gasteiger partial charge in [0, 0.05) is 5.56 Å². The molecule has 0 aromatic heterocycles. The first kappa shape index (κ1) is 18.5. The topological polar surface area (TPSA) is 68.1 Å². The molecule has 0 saturated carbocycles. The van der Waals surface area contributed by atoms with Crippen molar-refractivity contribution in [1.29, 1.82) is 0 Å². The smallest absolute Gasteiger partial charge is 0.358 e. The minimum absolute atomic E-state index is 0.142. The number of carboxylic acid groups (broad SMARTS) is 1. The molecule has 0 radical (unpaired) electrons. The number of hydrogen-bond acceptors (Lipinski definition) is 4. The van der Waals surface area contributed by atoms with Crippen molar-refractivity contribution in [2.75, 3.05) is 7.11 Å². The number of aliphatic carboxylic acids is 1. The molecular weight excluding hydrogens is 318 g/mol. The van der Waals surface area contributed by atoms with Crippen LogP contribution in [-0.2, 0) is 16.2 Å². The van der Waals surface area contributed by atoms with Gasteiger partial charge in [-0.1, -0.05) is 61.5 Å². The van der Waals surface area contributed by atoms with Crippen molar-refractivity contribution in [3.8, 4) is 5.75 Å². The molecule has 5 nitrogen and oxygen atoms in total. The highest BCUT2D eigenvalue weighted by atomic mass is 16.6. The molecule has 0 aliphatic heterocycles. The first-order valence-electron chi connectivity index (χ1n) is 8.22. The fourth-order valence-corrected chi connectivity index (χ4v) is 2.57. The lowest BCUT2D eigenvalue weighted by atomic mass is 9.98. The third-order valence-electron chi connectivity index (χ3n) is 4.10. The SMILES string of the molecule is CCC(C)c1ccccc1OCc1ccccc1C(=NOC)C(=O)O. The highest BCUT2D eigenvalue weighted by Crippen LogP contribution is 2.29. The highest BCUT2D eigenvalue weighted by molar-refractivity contribution is 6.42. The molecule has 0 saturated heterocycles. The highest BCUT2D eigenvalue weighted by Gasteiger charge is 2.18. The second-order valence-electron chi connectivity index (χ2n) is 5.72. The Bertz CT molecular complexity index is 755. The van der Waals surface area contributed by atoms with Crippen LogP contribution in [0, 0.1) is 0 Å². The summed E-state index contributed by atoms with van der Waals surface area (Å²) in [4.78, 5) is 16.1. The molecule has 2 aromatic rings. The molecule has 0 spiro atoms. The Morgan fingerprint density at radius 3 is 2.52 bits per heavy atom. The Balaban J connectivity index is 2.29. The van der Waals surface area contributed by atoms with Crippen molar-refractivity contribution in [3.05, 3.63) is 65.2 Å². The molecule has 1 unspecified atom stereocenters. The Morgan fingerprint density at radius 2 is 1.84 bits per heavy atom. The minimum Gasteiger partial charge on any atom is -0.489 e. The number of ether oxygens (including phenoxy) is 1. The number of hydrogen-bond donors (Lipinski definition) is 1. The van der Waals surface area contributed by atoms with Crippen LogP contribution in [0.15, 0.2) is 53.7 Å². The normalized spacial score (nSPS) is 12.5. The second-order valence-corrected chi connectivity index (χ2v) is 5.72. The Kier molecular flexibility index (Phi) is 6.57. The second kappa shape index (κ2) is 8.87. The molecule has 1 atom stereocenters. The largest absolute Gasteiger partial charge is 0.489 e. The molecule has 0 aliphatic rings. The summed E-state index contributed by atoms with van der Waals surface area (Å²) < 4.78 is 6.01. The van der Waals surface area contributed by atoms with Crippen molar-refractivity contribution < 1.29 is 19.5 Å².